The van der Waals surface area contributed by atoms with Crippen LogP contribution < -0.4 is 0 Å². The molecule has 0 saturated carbocycles. The summed E-state index contributed by atoms with van der Waals surface area (Å²) in [6.07, 6.45) is 65.4. The molecule has 0 heterocycles. The maximum Gasteiger partial charge on any atom is 0.472 e. The minimum atomic E-state index is -4.96. The number of esters is 4. The van der Waals surface area contributed by atoms with Gasteiger partial charge in [0.2, 0.25) is 0 Å². The summed E-state index contributed by atoms with van der Waals surface area (Å²) in [5, 5.41) is 10.6. The Hall–Kier alpha value is -1.94. The average molecular weight is 1470 g/mol. The molecule has 0 rings (SSSR count). The lowest BCUT2D eigenvalue weighted by Gasteiger charge is -2.21. The fourth-order valence-electron chi connectivity index (χ4n) is 12.6. The van der Waals surface area contributed by atoms with Gasteiger partial charge in [-0.25, -0.2) is 9.13 Å². The molecule has 0 aliphatic carbocycles. The molecule has 0 amide bonds. The number of hydrogen-bond acceptors (Lipinski definition) is 15. The maximum absolute atomic E-state index is 13.1. The van der Waals surface area contributed by atoms with Crippen molar-refractivity contribution < 1.29 is 80.2 Å². The van der Waals surface area contributed by atoms with E-state index in [1.54, 1.807) is 0 Å². The van der Waals surface area contributed by atoms with Crippen LogP contribution in [0.25, 0.3) is 0 Å². The molecule has 17 nitrogen and oxygen atoms in total. The summed E-state index contributed by atoms with van der Waals surface area (Å²) < 4.78 is 68.7. The minimum Gasteiger partial charge on any atom is -0.462 e. The van der Waals surface area contributed by atoms with Crippen molar-refractivity contribution >= 4 is 39.5 Å². The van der Waals surface area contributed by atoms with E-state index in [1.165, 1.54) is 257 Å². The molecule has 0 spiro atoms. The van der Waals surface area contributed by atoms with Gasteiger partial charge >= 0.3 is 39.5 Å². The number of ether oxygens (including phenoxy) is 4. The average Bonchev–Trinajstić information content (AvgIpc) is 0.928. The van der Waals surface area contributed by atoms with Gasteiger partial charge in [-0.05, 0) is 31.6 Å². The summed E-state index contributed by atoms with van der Waals surface area (Å²) in [6.45, 7) is 7.28. The second-order valence-corrected chi connectivity index (χ2v) is 32.5. The van der Waals surface area contributed by atoms with Crippen LogP contribution in [0.5, 0.6) is 0 Å². The molecule has 19 heteroatoms. The second kappa shape index (κ2) is 73.9. The van der Waals surface area contributed by atoms with Gasteiger partial charge in [0.25, 0.3) is 0 Å². The van der Waals surface area contributed by atoms with Gasteiger partial charge in [-0.1, -0.05) is 381 Å². The van der Waals surface area contributed by atoms with Gasteiger partial charge in [-0.15, -0.1) is 0 Å². The van der Waals surface area contributed by atoms with E-state index >= 15 is 0 Å². The van der Waals surface area contributed by atoms with E-state index < -0.39 is 97.5 Å². The van der Waals surface area contributed by atoms with Gasteiger partial charge in [-0.2, -0.15) is 0 Å². The highest BCUT2D eigenvalue weighted by Crippen LogP contribution is 2.45. The van der Waals surface area contributed by atoms with Gasteiger partial charge in [0.05, 0.1) is 26.4 Å². The third-order valence-corrected chi connectivity index (χ3v) is 20.9. The highest BCUT2D eigenvalue weighted by atomic mass is 31.2. The van der Waals surface area contributed by atoms with Crippen LogP contribution in [-0.4, -0.2) is 96.7 Å². The number of unbranched alkanes of at least 4 members (excludes halogenated alkanes) is 53. The molecule has 100 heavy (non-hydrogen) atoms. The fourth-order valence-corrected chi connectivity index (χ4v) is 14.2. The number of phosphoric acid groups is 2. The lowest BCUT2D eigenvalue weighted by Crippen LogP contribution is -2.30. The zero-order valence-electron chi connectivity index (χ0n) is 65.3. The Kier molecular flexibility index (Phi) is 72.5. The van der Waals surface area contributed by atoms with E-state index in [-0.39, 0.29) is 25.7 Å². The van der Waals surface area contributed by atoms with E-state index in [0.717, 1.165) is 95.8 Å². The van der Waals surface area contributed by atoms with Gasteiger partial charge < -0.3 is 33.8 Å². The van der Waals surface area contributed by atoms with Crippen molar-refractivity contribution in [2.75, 3.05) is 39.6 Å². The van der Waals surface area contributed by atoms with Crippen molar-refractivity contribution in [3.63, 3.8) is 0 Å². The summed E-state index contributed by atoms with van der Waals surface area (Å²) in [6, 6.07) is 0. The second-order valence-electron chi connectivity index (χ2n) is 29.6. The number of hydrogen-bond donors (Lipinski definition) is 3. The molecule has 0 aliphatic heterocycles. The first-order chi connectivity index (χ1) is 48.5. The Labute approximate surface area is 613 Å². The van der Waals surface area contributed by atoms with Crippen LogP contribution in [0.2, 0.25) is 0 Å². The number of aliphatic hydroxyl groups excluding tert-OH is 1. The lowest BCUT2D eigenvalue weighted by atomic mass is 10.0. The molecule has 0 saturated heterocycles. The molecule has 5 atom stereocenters. The van der Waals surface area contributed by atoms with Gasteiger partial charge in [0.1, 0.15) is 19.3 Å². The standard InChI is InChI=1S/C81H158O17P2/c1-6-9-12-15-18-21-24-26-28-30-31-32-33-35-37-39-42-45-51-56-61-66-80(85)97-76(70-92-79(84)65-60-55-50-44-41-38-36-34-29-27-25-22-19-16-13-10-7-2)72-95-99(87,88)93-68-75(82)69-94-100(89,90)96-73-77(98-81(86)67-62-57-52-47-46-48-53-58-63-74(4)5)71-91-78(83)64-59-54-49-43-40-23-20-17-14-11-8-3/h74-77,82H,6-73H2,1-5H3,(H,87,88)(H,89,90)/t75-,76-,77-/m1/s1. The highest BCUT2D eigenvalue weighted by Gasteiger charge is 2.30. The van der Waals surface area contributed by atoms with E-state index in [2.05, 4.69) is 34.6 Å². The predicted octanol–water partition coefficient (Wildman–Crippen LogP) is 24.4. The molecule has 0 radical (unpaired) electrons. The zero-order chi connectivity index (χ0) is 73.4. The first-order valence-electron chi connectivity index (χ1n) is 42.1. The van der Waals surface area contributed by atoms with Crippen LogP contribution in [0, 0.1) is 5.92 Å². The third-order valence-electron chi connectivity index (χ3n) is 19.0. The number of carbonyl (C=O) groups is 4. The number of carbonyl (C=O) groups excluding carboxylic acids is 4. The largest absolute Gasteiger partial charge is 0.472 e. The topological polar surface area (TPSA) is 237 Å². The smallest absolute Gasteiger partial charge is 0.462 e. The van der Waals surface area contributed by atoms with Crippen molar-refractivity contribution in [3.05, 3.63) is 0 Å². The van der Waals surface area contributed by atoms with Crippen LogP contribution in [0.3, 0.4) is 0 Å². The summed E-state index contributed by atoms with van der Waals surface area (Å²) in [5.41, 5.74) is 0. The molecule has 0 aromatic carbocycles. The van der Waals surface area contributed by atoms with Crippen LogP contribution in [0.4, 0.5) is 0 Å². The van der Waals surface area contributed by atoms with Crippen molar-refractivity contribution in [2.45, 2.75) is 451 Å². The molecule has 0 fully saturated rings. The number of aliphatic hydroxyl groups is 1. The summed E-state index contributed by atoms with van der Waals surface area (Å²) in [7, 11) is -9.92. The van der Waals surface area contributed by atoms with Crippen LogP contribution in [0.15, 0.2) is 0 Å². The highest BCUT2D eigenvalue weighted by molar-refractivity contribution is 7.47. The van der Waals surface area contributed by atoms with Crippen molar-refractivity contribution in [2.24, 2.45) is 5.92 Å². The van der Waals surface area contributed by atoms with Gasteiger partial charge in [-0.3, -0.25) is 37.3 Å². The van der Waals surface area contributed by atoms with E-state index in [4.69, 9.17) is 37.0 Å². The predicted molar refractivity (Wildman–Crippen MR) is 409 cm³/mol. The summed E-state index contributed by atoms with van der Waals surface area (Å²) in [5.74, 6) is -1.39. The van der Waals surface area contributed by atoms with Crippen LogP contribution >= 0.6 is 15.6 Å². The van der Waals surface area contributed by atoms with Crippen LogP contribution in [0.1, 0.15) is 433 Å². The van der Waals surface area contributed by atoms with E-state index in [0.29, 0.717) is 25.7 Å². The molecule has 0 aliphatic rings. The summed E-state index contributed by atoms with van der Waals surface area (Å²) in [4.78, 5) is 73.0. The Balaban J connectivity index is 5.21. The van der Waals surface area contributed by atoms with Gasteiger partial charge in [0, 0.05) is 25.7 Å². The molecule has 2 unspecified atom stereocenters. The molecule has 3 N–H and O–H groups in total. The third kappa shape index (κ3) is 74.3. The molecule has 0 bridgehead atoms. The molecular weight excluding hydrogens is 1310 g/mol. The Morgan fingerprint density at radius 2 is 0.460 bits per heavy atom. The molecule has 594 valence electrons. The SMILES string of the molecule is CCCCCCCCCCCCCCCCCCCCCCCC(=O)O[C@H](COC(=O)CCCCCCCCCCCCCCCCCCC)COP(=O)(O)OC[C@@H](O)COP(=O)(O)OC[C@@H](COC(=O)CCCCCCCCCCCCC)OC(=O)CCCCCCCCCCC(C)C. The van der Waals surface area contributed by atoms with Gasteiger partial charge in [0.15, 0.2) is 12.2 Å². The first-order valence-corrected chi connectivity index (χ1v) is 45.1. The lowest BCUT2D eigenvalue weighted by molar-refractivity contribution is -0.161. The Bertz CT molecular complexity index is 1910. The van der Waals surface area contributed by atoms with Crippen LogP contribution in [-0.2, 0) is 65.4 Å². The molecule has 0 aromatic rings. The maximum atomic E-state index is 13.1. The van der Waals surface area contributed by atoms with Crippen molar-refractivity contribution in [1.29, 1.82) is 0 Å². The quantitative estimate of drug-likeness (QED) is 0.0222. The minimum absolute atomic E-state index is 0.105. The molecule has 0 aromatic heterocycles. The molecular formula is C81H158O17P2. The summed E-state index contributed by atoms with van der Waals surface area (Å²) >= 11 is 0. The van der Waals surface area contributed by atoms with Crippen molar-refractivity contribution in [1.82, 2.24) is 0 Å². The Morgan fingerprint density at radius 1 is 0.270 bits per heavy atom. The first kappa shape index (κ1) is 98.1. The number of phosphoric ester groups is 2. The Morgan fingerprint density at radius 3 is 0.680 bits per heavy atom. The monoisotopic (exact) mass is 1470 g/mol. The normalized spacial score (nSPS) is 13.8. The number of rotatable bonds is 81. The fraction of sp³-hybridized carbons (Fsp3) is 0.951. The van der Waals surface area contributed by atoms with Crippen molar-refractivity contribution in [3.8, 4) is 0 Å². The van der Waals surface area contributed by atoms with E-state index in [9.17, 15) is 43.2 Å². The van der Waals surface area contributed by atoms with E-state index in [1.807, 2.05) is 0 Å². The zero-order valence-corrected chi connectivity index (χ0v) is 67.1.